The van der Waals surface area contributed by atoms with Crippen LogP contribution in [0.5, 0.6) is 0 Å². The minimum atomic E-state index is -0.528. The van der Waals surface area contributed by atoms with Gasteiger partial charge in [-0.3, -0.25) is 0 Å². The van der Waals surface area contributed by atoms with Crippen LogP contribution in [0.25, 0.3) is 0 Å². The van der Waals surface area contributed by atoms with E-state index in [9.17, 15) is 0 Å². The highest BCUT2D eigenvalue weighted by Gasteiger charge is 2.26. The van der Waals surface area contributed by atoms with Crippen LogP contribution >= 0.6 is 12.4 Å². The first-order valence-electron chi connectivity index (χ1n) is 5.70. The van der Waals surface area contributed by atoms with Crippen molar-refractivity contribution in [1.82, 2.24) is 10.1 Å². The minimum Gasteiger partial charge on any atom is -0.337 e. The van der Waals surface area contributed by atoms with E-state index in [1.54, 1.807) is 0 Å². The van der Waals surface area contributed by atoms with Gasteiger partial charge in [0.1, 0.15) is 0 Å². The molecule has 1 heterocycles. The summed E-state index contributed by atoms with van der Waals surface area (Å²) in [5.41, 5.74) is 5.38. The maximum Gasteiger partial charge on any atom is 0.246 e. The molecule has 1 aromatic heterocycles. The van der Waals surface area contributed by atoms with Gasteiger partial charge in [0.2, 0.25) is 5.89 Å². The summed E-state index contributed by atoms with van der Waals surface area (Å²) >= 11 is 0. The molecule has 92 valence electrons. The summed E-state index contributed by atoms with van der Waals surface area (Å²) in [4.78, 5) is 4.40. The molecule has 1 aliphatic rings. The molecule has 1 aliphatic carbocycles. The molecular weight excluding hydrogens is 226 g/mol. The Morgan fingerprint density at radius 3 is 2.38 bits per heavy atom. The lowest BCUT2D eigenvalue weighted by molar-refractivity contribution is 0.306. The first-order chi connectivity index (χ1) is 7.07. The summed E-state index contributed by atoms with van der Waals surface area (Å²) < 4.78 is 5.20. The predicted molar refractivity (Wildman–Crippen MR) is 64.6 cm³/mol. The maximum absolute atomic E-state index is 5.90. The van der Waals surface area contributed by atoms with Crippen molar-refractivity contribution in [1.29, 1.82) is 0 Å². The van der Waals surface area contributed by atoms with Gasteiger partial charge in [-0.25, -0.2) is 0 Å². The smallest absolute Gasteiger partial charge is 0.246 e. The highest BCUT2D eigenvalue weighted by Crippen LogP contribution is 2.31. The standard InChI is InChI=1S/C11H19N3O.ClH/c1-11(2,12)10-13-9(14-15-10)8-6-4-3-5-7-8;/h8H,3-7,12H2,1-2H3;1H. The van der Waals surface area contributed by atoms with E-state index in [0.29, 0.717) is 11.8 Å². The zero-order valence-electron chi connectivity index (χ0n) is 9.90. The van der Waals surface area contributed by atoms with E-state index in [-0.39, 0.29) is 12.4 Å². The van der Waals surface area contributed by atoms with E-state index >= 15 is 0 Å². The molecule has 4 nitrogen and oxygen atoms in total. The van der Waals surface area contributed by atoms with E-state index in [4.69, 9.17) is 10.3 Å². The number of hydrogen-bond acceptors (Lipinski definition) is 4. The molecule has 1 saturated carbocycles. The molecule has 16 heavy (non-hydrogen) atoms. The molecule has 0 amide bonds. The van der Waals surface area contributed by atoms with Crippen molar-refractivity contribution in [2.45, 2.75) is 57.4 Å². The lowest BCUT2D eigenvalue weighted by Crippen LogP contribution is -2.29. The van der Waals surface area contributed by atoms with Crippen molar-refractivity contribution in [3.05, 3.63) is 11.7 Å². The monoisotopic (exact) mass is 245 g/mol. The van der Waals surface area contributed by atoms with E-state index in [1.807, 2.05) is 13.8 Å². The fraction of sp³-hybridized carbons (Fsp3) is 0.818. The van der Waals surface area contributed by atoms with E-state index in [0.717, 1.165) is 5.82 Å². The second-order valence-electron chi connectivity index (χ2n) is 5.01. The minimum absolute atomic E-state index is 0. The third kappa shape index (κ3) is 2.95. The van der Waals surface area contributed by atoms with E-state index in [2.05, 4.69) is 10.1 Å². The molecule has 0 spiro atoms. The Labute approximate surface area is 102 Å². The van der Waals surface area contributed by atoms with Gasteiger partial charge in [0.25, 0.3) is 0 Å². The third-order valence-corrected chi connectivity index (χ3v) is 2.96. The van der Waals surface area contributed by atoms with Crippen molar-refractivity contribution in [3.63, 3.8) is 0 Å². The fourth-order valence-electron chi connectivity index (χ4n) is 2.02. The van der Waals surface area contributed by atoms with Crippen LogP contribution in [0, 0.1) is 0 Å². The third-order valence-electron chi connectivity index (χ3n) is 2.96. The molecule has 2 rings (SSSR count). The van der Waals surface area contributed by atoms with Crippen LogP contribution in [-0.2, 0) is 5.54 Å². The quantitative estimate of drug-likeness (QED) is 0.870. The van der Waals surface area contributed by atoms with Gasteiger partial charge in [-0.15, -0.1) is 12.4 Å². The van der Waals surface area contributed by atoms with Crippen molar-refractivity contribution in [2.24, 2.45) is 5.73 Å². The van der Waals surface area contributed by atoms with Gasteiger partial charge in [0.15, 0.2) is 5.82 Å². The van der Waals surface area contributed by atoms with Gasteiger partial charge in [-0.1, -0.05) is 24.4 Å². The molecule has 2 N–H and O–H groups in total. The number of halogens is 1. The topological polar surface area (TPSA) is 64.9 Å². The normalized spacial score (nSPS) is 18.2. The van der Waals surface area contributed by atoms with Gasteiger partial charge < -0.3 is 10.3 Å². The van der Waals surface area contributed by atoms with Crippen LogP contribution in [-0.4, -0.2) is 10.1 Å². The number of hydrogen-bond donors (Lipinski definition) is 1. The van der Waals surface area contributed by atoms with Gasteiger partial charge in [0.05, 0.1) is 5.54 Å². The average Bonchev–Trinajstić information content (AvgIpc) is 2.67. The summed E-state index contributed by atoms with van der Waals surface area (Å²) in [5.74, 6) is 1.88. The Bertz CT molecular complexity index is 326. The second kappa shape index (κ2) is 5.15. The molecular formula is C11H20ClN3O. The molecule has 1 fully saturated rings. The largest absolute Gasteiger partial charge is 0.337 e. The number of rotatable bonds is 2. The Hall–Kier alpha value is -0.610. The first kappa shape index (κ1) is 13.5. The summed E-state index contributed by atoms with van der Waals surface area (Å²) in [7, 11) is 0. The lowest BCUT2D eigenvalue weighted by Gasteiger charge is -2.17. The van der Waals surface area contributed by atoms with Crippen LogP contribution in [0.1, 0.15) is 63.6 Å². The predicted octanol–water partition coefficient (Wildman–Crippen LogP) is 2.73. The summed E-state index contributed by atoms with van der Waals surface area (Å²) in [6, 6.07) is 0. The van der Waals surface area contributed by atoms with Gasteiger partial charge in [0, 0.05) is 5.92 Å². The van der Waals surface area contributed by atoms with Crippen molar-refractivity contribution in [3.8, 4) is 0 Å². The molecule has 5 heteroatoms. The fourth-order valence-corrected chi connectivity index (χ4v) is 2.02. The summed E-state index contributed by atoms with van der Waals surface area (Å²) in [6.45, 7) is 3.76. The Kier molecular flexibility index (Phi) is 4.33. The zero-order valence-corrected chi connectivity index (χ0v) is 10.7. The Morgan fingerprint density at radius 2 is 1.88 bits per heavy atom. The number of nitrogens with two attached hydrogens (primary N) is 1. The molecule has 0 aliphatic heterocycles. The summed E-state index contributed by atoms with van der Waals surface area (Å²) in [5, 5.41) is 4.04. The molecule has 0 radical (unpaired) electrons. The van der Waals surface area contributed by atoms with Crippen LogP contribution in [0.3, 0.4) is 0 Å². The van der Waals surface area contributed by atoms with Crippen LogP contribution < -0.4 is 5.73 Å². The highest BCUT2D eigenvalue weighted by atomic mass is 35.5. The lowest BCUT2D eigenvalue weighted by atomic mass is 9.89. The number of aromatic nitrogens is 2. The van der Waals surface area contributed by atoms with Crippen molar-refractivity contribution >= 4 is 12.4 Å². The molecule has 0 saturated heterocycles. The molecule has 0 atom stereocenters. The maximum atomic E-state index is 5.90. The highest BCUT2D eigenvalue weighted by molar-refractivity contribution is 5.85. The number of nitrogens with zero attached hydrogens (tertiary/aromatic N) is 2. The summed E-state index contributed by atoms with van der Waals surface area (Å²) in [6.07, 6.45) is 6.26. The van der Waals surface area contributed by atoms with Crippen LogP contribution in [0.15, 0.2) is 4.52 Å². The SMILES string of the molecule is CC(C)(N)c1nc(C2CCCCC2)no1.Cl. The molecule has 0 unspecified atom stereocenters. The Morgan fingerprint density at radius 1 is 1.25 bits per heavy atom. The Balaban J connectivity index is 0.00000128. The van der Waals surface area contributed by atoms with Crippen LogP contribution in [0.2, 0.25) is 0 Å². The first-order valence-corrected chi connectivity index (χ1v) is 5.70. The van der Waals surface area contributed by atoms with Crippen LogP contribution in [0.4, 0.5) is 0 Å². The second-order valence-corrected chi connectivity index (χ2v) is 5.01. The zero-order chi connectivity index (χ0) is 10.9. The van der Waals surface area contributed by atoms with E-state index in [1.165, 1.54) is 32.1 Å². The molecule has 1 aromatic rings. The average molecular weight is 246 g/mol. The molecule has 0 aromatic carbocycles. The van der Waals surface area contributed by atoms with Crippen molar-refractivity contribution in [2.75, 3.05) is 0 Å². The molecule has 0 bridgehead atoms. The van der Waals surface area contributed by atoms with Crippen molar-refractivity contribution < 1.29 is 4.52 Å². The van der Waals surface area contributed by atoms with Gasteiger partial charge in [-0.2, -0.15) is 4.98 Å². The van der Waals surface area contributed by atoms with Gasteiger partial charge >= 0.3 is 0 Å². The van der Waals surface area contributed by atoms with E-state index < -0.39 is 5.54 Å². The van der Waals surface area contributed by atoms with Gasteiger partial charge in [-0.05, 0) is 26.7 Å².